The molecule has 0 saturated carbocycles. The van der Waals surface area contributed by atoms with Gasteiger partial charge < -0.3 is 11.1 Å². The van der Waals surface area contributed by atoms with Gasteiger partial charge in [0.2, 0.25) is 5.91 Å². The van der Waals surface area contributed by atoms with Crippen LogP contribution in [0, 0.1) is 5.41 Å². The van der Waals surface area contributed by atoms with Crippen LogP contribution in [-0.4, -0.2) is 28.8 Å². The smallest absolute Gasteiger partial charge is 0.225 e. The molecule has 1 amide bonds. The highest BCUT2D eigenvalue weighted by Gasteiger charge is 2.25. The molecule has 1 aromatic heterocycles. The second kappa shape index (κ2) is 6.39. The fourth-order valence-corrected chi connectivity index (χ4v) is 1.59. The van der Waals surface area contributed by atoms with Crippen LogP contribution in [0.25, 0.3) is 0 Å². The quantitative estimate of drug-likeness (QED) is 0.689. The van der Waals surface area contributed by atoms with Crippen LogP contribution in [0.2, 0.25) is 0 Å². The summed E-state index contributed by atoms with van der Waals surface area (Å²) in [4.78, 5) is 11.8. The van der Waals surface area contributed by atoms with Gasteiger partial charge in [-0.1, -0.05) is 13.8 Å². The highest BCUT2D eigenvalue weighted by molar-refractivity contribution is 5.81. The molecule has 5 heteroatoms. The Balaban J connectivity index is 2.20. The van der Waals surface area contributed by atoms with Gasteiger partial charge in [0, 0.05) is 30.9 Å². The Kier molecular flexibility index (Phi) is 5.15. The van der Waals surface area contributed by atoms with E-state index in [-0.39, 0.29) is 11.3 Å². The lowest BCUT2D eigenvalue weighted by molar-refractivity contribution is -0.129. The predicted molar refractivity (Wildman–Crippen MR) is 67.3 cm³/mol. The van der Waals surface area contributed by atoms with Gasteiger partial charge in [-0.05, 0) is 25.5 Å². The van der Waals surface area contributed by atoms with Gasteiger partial charge in [-0.25, -0.2) is 0 Å². The lowest BCUT2D eigenvalue weighted by Gasteiger charge is -2.22. The molecule has 1 rings (SSSR count). The number of rotatable bonds is 7. The Bertz CT molecular complexity index is 332. The Labute approximate surface area is 102 Å². The minimum atomic E-state index is -0.375. The molecule has 1 aromatic rings. The Hall–Kier alpha value is -1.36. The number of hydrogen-bond donors (Lipinski definition) is 2. The van der Waals surface area contributed by atoms with Gasteiger partial charge in [0.15, 0.2) is 0 Å². The van der Waals surface area contributed by atoms with E-state index < -0.39 is 0 Å². The molecule has 0 spiro atoms. The van der Waals surface area contributed by atoms with Crippen LogP contribution in [0.3, 0.4) is 0 Å². The molecule has 0 aliphatic heterocycles. The van der Waals surface area contributed by atoms with Crippen molar-refractivity contribution in [3.05, 3.63) is 18.5 Å². The van der Waals surface area contributed by atoms with Crippen molar-refractivity contribution in [2.24, 2.45) is 11.1 Å². The minimum absolute atomic E-state index is 0.0726. The molecule has 0 aliphatic carbocycles. The van der Waals surface area contributed by atoms with Gasteiger partial charge in [-0.15, -0.1) is 0 Å². The van der Waals surface area contributed by atoms with Crippen LogP contribution in [-0.2, 0) is 11.3 Å². The van der Waals surface area contributed by atoms with Gasteiger partial charge in [-0.3, -0.25) is 9.48 Å². The summed E-state index contributed by atoms with van der Waals surface area (Å²) in [6.07, 6.45) is 5.26. The van der Waals surface area contributed by atoms with Gasteiger partial charge >= 0.3 is 0 Å². The summed E-state index contributed by atoms with van der Waals surface area (Å²) in [6.45, 7) is 5.87. The van der Waals surface area contributed by atoms with E-state index in [2.05, 4.69) is 10.4 Å². The molecule has 3 N–H and O–H groups in total. The number of nitrogens with one attached hydrogen (secondary N) is 1. The first-order valence-electron chi connectivity index (χ1n) is 6.02. The van der Waals surface area contributed by atoms with Crippen LogP contribution in [0.15, 0.2) is 18.5 Å². The summed E-state index contributed by atoms with van der Waals surface area (Å²) >= 11 is 0. The van der Waals surface area contributed by atoms with E-state index >= 15 is 0 Å². The van der Waals surface area contributed by atoms with Crippen molar-refractivity contribution in [3.8, 4) is 0 Å². The SMILES string of the molecule is CC(C)(CCN)C(=O)NCCCn1cccn1. The zero-order valence-electron chi connectivity index (χ0n) is 10.6. The minimum Gasteiger partial charge on any atom is -0.356 e. The second-order valence-electron chi connectivity index (χ2n) is 4.80. The average molecular weight is 238 g/mol. The van der Waals surface area contributed by atoms with Crippen molar-refractivity contribution in [1.82, 2.24) is 15.1 Å². The van der Waals surface area contributed by atoms with E-state index in [1.54, 1.807) is 6.20 Å². The van der Waals surface area contributed by atoms with E-state index in [0.717, 1.165) is 13.0 Å². The van der Waals surface area contributed by atoms with Crippen molar-refractivity contribution in [1.29, 1.82) is 0 Å². The summed E-state index contributed by atoms with van der Waals surface area (Å²) in [7, 11) is 0. The van der Waals surface area contributed by atoms with E-state index in [1.165, 1.54) is 0 Å². The van der Waals surface area contributed by atoms with Crippen molar-refractivity contribution in [2.75, 3.05) is 13.1 Å². The fraction of sp³-hybridized carbons (Fsp3) is 0.667. The first-order valence-corrected chi connectivity index (χ1v) is 6.02. The van der Waals surface area contributed by atoms with Gasteiger partial charge in [0.1, 0.15) is 0 Å². The van der Waals surface area contributed by atoms with Crippen molar-refractivity contribution < 1.29 is 4.79 Å². The Morgan fingerprint density at radius 3 is 2.88 bits per heavy atom. The van der Waals surface area contributed by atoms with Crippen LogP contribution in [0.1, 0.15) is 26.7 Å². The highest BCUT2D eigenvalue weighted by Crippen LogP contribution is 2.18. The Morgan fingerprint density at radius 1 is 1.53 bits per heavy atom. The third-order valence-corrected chi connectivity index (χ3v) is 2.79. The number of hydrogen-bond acceptors (Lipinski definition) is 3. The number of carbonyl (C=O) groups excluding carboxylic acids is 1. The molecule has 5 nitrogen and oxygen atoms in total. The molecule has 0 atom stereocenters. The van der Waals surface area contributed by atoms with Crippen molar-refractivity contribution >= 4 is 5.91 Å². The second-order valence-corrected chi connectivity index (χ2v) is 4.80. The van der Waals surface area contributed by atoms with E-state index in [0.29, 0.717) is 19.5 Å². The molecule has 0 radical (unpaired) electrons. The molecule has 0 bridgehead atoms. The van der Waals surface area contributed by atoms with Gasteiger partial charge in [-0.2, -0.15) is 5.10 Å². The third kappa shape index (κ3) is 4.56. The van der Waals surface area contributed by atoms with Crippen LogP contribution < -0.4 is 11.1 Å². The van der Waals surface area contributed by atoms with Gasteiger partial charge in [0.25, 0.3) is 0 Å². The maximum absolute atomic E-state index is 11.8. The van der Waals surface area contributed by atoms with Crippen LogP contribution in [0.4, 0.5) is 0 Å². The van der Waals surface area contributed by atoms with Gasteiger partial charge in [0.05, 0.1) is 0 Å². The number of amides is 1. The van der Waals surface area contributed by atoms with Crippen LogP contribution >= 0.6 is 0 Å². The first-order chi connectivity index (χ1) is 8.06. The Morgan fingerprint density at radius 2 is 2.29 bits per heavy atom. The molecule has 0 aliphatic rings. The molecule has 0 fully saturated rings. The summed E-state index contributed by atoms with van der Waals surface area (Å²) in [5, 5.41) is 7.03. The zero-order valence-corrected chi connectivity index (χ0v) is 10.6. The van der Waals surface area contributed by atoms with Crippen molar-refractivity contribution in [2.45, 2.75) is 33.2 Å². The van der Waals surface area contributed by atoms with E-state index in [4.69, 9.17) is 5.73 Å². The summed E-state index contributed by atoms with van der Waals surface area (Å²) in [5.41, 5.74) is 5.11. The molecule has 0 saturated heterocycles. The molecule has 0 aromatic carbocycles. The summed E-state index contributed by atoms with van der Waals surface area (Å²) < 4.78 is 1.86. The molecule has 17 heavy (non-hydrogen) atoms. The third-order valence-electron chi connectivity index (χ3n) is 2.79. The van der Waals surface area contributed by atoms with E-state index in [9.17, 15) is 4.79 Å². The predicted octanol–water partition coefficient (Wildman–Crippen LogP) is 0.764. The number of nitrogens with two attached hydrogens (primary N) is 1. The molecule has 96 valence electrons. The largest absolute Gasteiger partial charge is 0.356 e. The standard InChI is InChI=1S/C12H22N4O/c1-12(2,5-6-13)11(17)14-7-3-9-16-10-4-8-15-16/h4,8,10H,3,5-7,9,13H2,1-2H3,(H,14,17). The first kappa shape index (κ1) is 13.7. The summed E-state index contributed by atoms with van der Waals surface area (Å²) in [5.74, 6) is 0.0726. The molecule has 1 heterocycles. The van der Waals surface area contributed by atoms with E-state index in [1.807, 2.05) is 30.8 Å². The fourth-order valence-electron chi connectivity index (χ4n) is 1.59. The maximum atomic E-state index is 11.8. The van der Waals surface area contributed by atoms with Crippen LogP contribution in [0.5, 0.6) is 0 Å². The number of aromatic nitrogens is 2. The lowest BCUT2D eigenvalue weighted by atomic mass is 9.88. The zero-order chi connectivity index (χ0) is 12.7. The number of carbonyl (C=O) groups is 1. The highest BCUT2D eigenvalue weighted by atomic mass is 16.2. The normalized spacial score (nSPS) is 11.5. The summed E-state index contributed by atoms with van der Waals surface area (Å²) in [6, 6.07) is 1.89. The molecular formula is C12H22N4O. The molecule has 0 unspecified atom stereocenters. The monoisotopic (exact) mass is 238 g/mol. The topological polar surface area (TPSA) is 72.9 Å². The number of nitrogens with zero attached hydrogens (tertiary/aromatic N) is 2. The maximum Gasteiger partial charge on any atom is 0.225 e. The average Bonchev–Trinajstić information content (AvgIpc) is 2.76. The van der Waals surface area contributed by atoms with Crippen molar-refractivity contribution in [3.63, 3.8) is 0 Å². The molecular weight excluding hydrogens is 216 g/mol. The lowest BCUT2D eigenvalue weighted by Crippen LogP contribution is -2.38. The number of aryl methyl sites for hydroxylation is 1.